The predicted molar refractivity (Wildman–Crippen MR) is 100 cm³/mol. The third kappa shape index (κ3) is 4.51. The molecule has 0 spiro atoms. The van der Waals surface area contributed by atoms with Crippen molar-refractivity contribution < 1.29 is 9.53 Å². The van der Waals surface area contributed by atoms with Gasteiger partial charge in [-0.2, -0.15) is 0 Å². The third-order valence-electron chi connectivity index (χ3n) is 3.78. The number of nitrogens with two attached hydrogens (primary N) is 1. The van der Waals surface area contributed by atoms with Gasteiger partial charge in [0.05, 0.1) is 10.6 Å². The number of carbonyl (C=O) groups is 1. The van der Waals surface area contributed by atoms with E-state index in [0.717, 1.165) is 27.9 Å². The number of carbonyl (C=O) groups excluding carboxylic acids is 1. The number of aldehydes is 1. The monoisotopic (exact) mass is 364 g/mol. The second-order valence-corrected chi connectivity index (χ2v) is 6.49. The van der Waals surface area contributed by atoms with E-state index in [-0.39, 0.29) is 0 Å². The summed E-state index contributed by atoms with van der Waals surface area (Å²) < 4.78 is 5.67. The first kappa shape index (κ1) is 18.8. The number of nitrogens with one attached hydrogen (secondary N) is 1. The summed E-state index contributed by atoms with van der Waals surface area (Å²) in [5.41, 5.74) is 3.55. The van der Waals surface area contributed by atoms with Gasteiger partial charge in [0.25, 0.3) is 0 Å². The van der Waals surface area contributed by atoms with E-state index in [0.29, 0.717) is 35.9 Å². The Bertz CT molecular complexity index is 705. The Labute approximate surface area is 151 Å². The van der Waals surface area contributed by atoms with E-state index in [9.17, 15) is 4.79 Å². The van der Waals surface area contributed by atoms with Crippen molar-refractivity contribution in [2.75, 3.05) is 20.2 Å². The molecule has 2 aromatic rings. The molecule has 2 rings (SSSR count). The highest BCUT2D eigenvalue weighted by Crippen LogP contribution is 2.34. The lowest BCUT2D eigenvalue weighted by Gasteiger charge is -2.16. The van der Waals surface area contributed by atoms with Crippen LogP contribution in [0.1, 0.15) is 27.0 Å². The van der Waals surface area contributed by atoms with Gasteiger partial charge < -0.3 is 10.1 Å². The van der Waals surface area contributed by atoms with Crippen molar-refractivity contribution in [1.29, 1.82) is 0 Å². The van der Waals surface area contributed by atoms with Crippen molar-refractivity contribution in [3.63, 3.8) is 0 Å². The van der Waals surface area contributed by atoms with E-state index in [1.165, 1.54) is 11.9 Å². The summed E-state index contributed by atoms with van der Waals surface area (Å²) in [5.74, 6) is 0.457. The van der Waals surface area contributed by atoms with Crippen molar-refractivity contribution in [1.82, 2.24) is 5.32 Å². The van der Waals surface area contributed by atoms with Crippen molar-refractivity contribution in [3.05, 3.63) is 57.6 Å². The van der Waals surface area contributed by atoms with Crippen LogP contribution in [0.3, 0.4) is 0 Å². The van der Waals surface area contributed by atoms with Crippen LogP contribution in [0.2, 0.25) is 5.02 Å². The third-order valence-corrected chi connectivity index (χ3v) is 4.78. The molecule has 0 bridgehead atoms. The van der Waals surface area contributed by atoms with E-state index >= 15 is 0 Å². The van der Waals surface area contributed by atoms with Gasteiger partial charge >= 0.3 is 0 Å². The van der Waals surface area contributed by atoms with Gasteiger partial charge in [0, 0.05) is 11.4 Å². The minimum atomic E-state index is 0.452. The van der Waals surface area contributed by atoms with Crippen LogP contribution < -0.4 is 15.2 Å². The number of ether oxygens (including phenoxy) is 1. The molecule has 0 fully saturated rings. The fourth-order valence-corrected chi connectivity index (χ4v) is 2.96. The molecule has 0 saturated carbocycles. The summed E-state index contributed by atoms with van der Waals surface area (Å²) in [5, 5.41) is 9.04. The lowest BCUT2D eigenvalue weighted by Crippen LogP contribution is -2.17. The molecule has 6 heteroatoms. The lowest BCUT2D eigenvalue weighted by molar-refractivity contribution is 0.111. The maximum absolute atomic E-state index is 11.4. The van der Waals surface area contributed by atoms with Crippen LogP contribution in [0.4, 0.5) is 0 Å². The molecule has 0 aliphatic rings. The highest BCUT2D eigenvalue weighted by atomic mass is 35.5. The topological polar surface area (TPSA) is 64.3 Å². The number of halogens is 1. The predicted octanol–water partition coefficient (Wildman–Crippen LogP) is 3.62. The summed E-state index contributed by atoms with van der Waals surface area (Å²) in [7, 11) is 1.84. The standard InChI is InChI=1S/C18H21ClN2O2S/c1-12-14(9-13-3-5-16(24-20)6-4-13)10-15(11-22)18(17(12)19)23-8-7-21-2/h3-6,10-11,21H,7-9,20H2,1-2H3. The molecular weight excluding hydrogens is 344 g/mol. The van der Waals surface area contributed by atoms with Gasteiger partial charge in [0.2, 0.25) is 0 Å². The Morgan fingerprint density at radius 1 is 1.33 bits per heavy atom. The van der Waals surface area contributed by atoms with Gasteiger partial charge in [-0.3, -0.25) is 9.93 Å². The molecular formula is C18H21ClN2O2S. The van der Waals surface area contributed by atoms with Crippen molar-refractivity contribution >= 4 is 29.8 Å². The number of hydrogen-bond acceptors (Lipinski definition) is 5. The Balaban J connectivity index is 2.29. The van der Waals surface area contributed by atoms with E-state index in [1.54, 1.807) is 0 Å². The fourth-order valence-electron chi connectivity index (χ4n) is 2.38. The summed E-state index contributed by atoms with van der Waals surface area (Å²) in [6.45, 7) is 3.08. The van der Waals surface area contributed by atoms with Gasteiger partial charge in [0.1, 0.15) is 12.4 Å². The molecule has 2 aromatic carbocycles. The molecule has 0 atom stereocenters. The minimum Gasteiger partial charge on any atom is -0.490 e. The van der Waals surface area contributed by atoms with E-state index in [1.807, 2.05) is 44.3 Å². The summed E-state index contributed by atoms with van der Waals surface area (Å²) in [6, 6.07) is 9.87. The van der Waals surface area contributed by atoms with Gasteiger partial charge in [-0.25, -0.2) is 0 Å². The zero-order chi connectivity index (χ0) is 17.5. The van der Waals surface area contributed by atoms with Crippen LogP contribution in [0.5, 0.6) is 5.75 Å². The average Bonchev–Trinajstić information content (AvgIpc) is 2.61. The fraction of sp³-hybridized carbons (Fsp3) is 0.278. The Morgan fingerprint density at radius 3 is 2.62 bits per heavy atom. The van der Waals surface area contributed by atoms with Gasteiger partial charge in [-0.15, -0.1) is 0 Å². The summed E-state index contributed by atoms with van der Waals surface area (Å²) >= 11 is 7.67. The zero-order valence-electron chi connectivity index (χ0n) is 13.8. The van der Waals surface area contributed by atoms with Crippen molar-refractivity contribution in [2.24, 2.45) is 5.14 Å². The van der Waals surface area contributed by atoms with E-state index in [4.69, 9.17) is 21.5 Å². The number of hydrogen-bond donors (Lipinski definition) is 2. The first-order valence-electron chi connectivity index (χ1n) is 7.61. The van der Waals surface area contributed by atoms with Gasteiger partial charge in [-0.1, -0.05) is 23.7 Å². The molecule has 4 nitrogen and oxygen atoms in total. The molecule has 0 radical (unpaired) electrons. The summed E-state index contributed by atoms with van der Waals surface area (Å²) in [6.07, 6.45) is 1.48. The molecule has 0 aliphatic heterocycles. The Kier molecular flexibility index (Phi) is 7.12. The van der Waals surface area contributed by atoms with Crippen LogP contribution in [-0.4, -0.2) is 26.5 Å². The second-order valence-electron chi connectivity index (χ2n) is 5.40. The molecule has 128 valence electrons. The smallest absolute Gasteiger partial charge is 0.153 e. The number of likely N-dealkylation sites (N-methyl/N-ethyl adjacent to an activating group) is 1. The Hall–Kier alpha value is -1.53. The lowest BCUT2D eigenvalue weighted by atomic mass is 9.97. The highest BCUT2D eigenvalue weighted by molar-refractivity contribution is 7.97. The maximum atomic E-state index is 11.4. The van der Waals surface area contributed by atoms with Crippen LogP contribution in [0.15, 0.2) is 35.2 Å². The number of benzene rings is 2. The Morgan fingerprint density at radius 2 is 2.04 bits per heavy atom. The van der Waals surface area contributed by atoms with E-state index < -0.39 is 0 Å². The van der Waals surface area contributed by atoms with Crippen molar-refractivity contribution in [2.45, 2.75) is 18.2 Å². The van der Waals surface area contributed by atoms with Gasteiger partial charge in [0.15, 0.2) is 6.29 Å². The minimum absolute atomic E-state index is 0.452. The molecule has 0 aromatic heterocycles. The first-order chi connectivity index (χ1) is 11.6. The average molecular weight is 365 g/mol. The molecule has 3 N–H and O–H groups in total. The highest BCUT2D eigenvalue weighted by Gasteiger charge is 2.15. The molecule has 0 heterocycles. The van der Waals surface area contributed by atoms with Gasteiger partial charge in [-0.05, 0) is 67.2 Å². The molecule has 0 unspecified atom stereocenters. The van der Waals surface area contributed by atoms with Crippen LogP contribution >= 0.6 is 23.5 Å². The molecule has 24 heavy (non-hydrogen) atoms. The normalized spacial score (nSPS) is 10.7. The SMILES string of the molecule is CNCCOc1c(C=O)cc(Cc2ccc(SN)cc2)c(C)c1Cl. The molecule has 0 aliphatic carbocycles. The van der Waals surface area contributed by atoms with E-state index in [2.05, 4.69) is 5.32 Å². The van der Waals surface area contributed by atoms with Crippen LogP contribution in [-0.2, 0) is 6.42 Å². The first-order valence-corrected chi connectivity index (χ1v) is 8.86. The second kappa shape index (κ2) is 9.08. The summed E-state index contributed by atoms with van der Waals surface area (Å²) in [4.78, 5) is 12.5. The number of rotatable bonds is 8. The van der Waals surface area contributed by atoms with Crippen molar-refractivity contribution in [3.8, 4) is 5.75 Å². The largest absolute Gasteiger partial charge is 0.490 e. The molecule has 0 amide bonds. The van der Waals surface area contributed by atoms with Crippen LogP contribution in [0.25, 0.3) is 0 Å². The zero-order valence-corrected chi connectivity index (χ0v) is 15.3. The quantitative estimate of drug-likeness (QED) is 0.425. The molecule has 0 saturated heterocycles. The maximum Gasteiger partial charge on any atom is 0.153 e. The van der Waals surface area contributed by atoms with Crippen LogP contribution in [0, 0.1) is 6.92 Å².